The molecule has 0 radical (unpaired) electrons. The van der Waals surface area contributed by atoms with Crippen LogP contribution in [0.1, 0.15) is 47.1 Å². The SMILES string of the molecule is Cc1cc(C)cc(CSCC(=O)NCc2ccccc2CN2CCCCC2)c1. The van der Waals surface area contributed by atoms with E-state index in [1.54, 1.807) is 11.8 Å². The lowest BCUT2D eigenvalue weighted by atomic mass is 10.0. The highest BCUT2D eigenvalue weighted by Gasteiger charge is 2.12. The van der Waals surface area contributed by atoms with Gasteiger partial charge in [-0.1, -0.05) is 60.0 Å². The Hall–Kier alpha value is -1.78. The molecule has 0 unspecified atom stereocenters. The molecule has 1 fully saturated rings. The number of amides is 1. The van der Waals surface area contributed by atoms with Crippen LogP contribution in [0.2, 0.25) is 0 Å². The zero-order valence-corrected chi connectivity index (χ0v) is 18.0. The number of benzene rings is 2. The van der Waals surface area contributed by atoms with Gasteiger partial charge in [-0.2, -0.15) is 0 Å². The van der Waals surface area contributed by atoms with Crippen LogP contribution in [-0.4, -0.2) is 29.6 Å². The topological polar surface area (TPSA) is 32.3 Å². The van der Waals surface area contributed by atoms with Gasteiger partial charge in [-0.15, -0.1) is 11.8 Å². The van der Waals surface area contributed by atoms with Gasteiger partial charge in [0.1, 0.15) is 0 Å². The number of thioether (sulfide) groups is 1. The molecule has 3 nitrogen and oxygen atoms in total. The molecular weight excluding hydrogens is 364 g/mol. The quantitative estimate of drug-likeness (QED) is 0.693. The summed E-state index contributed by atoms with van der Waals surface area (Å²) in [5.41, 5.74) is 6.44. The van der Waals surface area contributed by atoms with E-state index in [0.717, 1.165) is 12.3 Å². The second-order valence-electron chi connectivity index (χ2n) is 7.87. The van der Waals surface area contributed by atoms with Crippen molar-refractivity contribution < 1.29 is 4.79 Å². The highest BCUT2D eigenvalue weighted by Crippen LogP contribution is 2.17. The summed E-state index contributed by atoms with van der Waals surface area (Å²) in [4.78, 5) is 14.8. The maximum absolute atomic E-state index is 12.3. The van der Waals surface area contributed by atoms with E-state index >= 15 is 0 Å². The van der Waals surface area contributed by atoms with E-state index < -0.39 is 0 Å². The standard InChI is InChI=1S/C24H32N2OS/c1-19-12-20(2)14-21(13-19)17-28-18-24(27)25-15-22-8-4-5-9-23(22)16-26-10-6-3-7-11-26/h4-5,8-9,12-14H,3,6-7,10-11,15-18H2,1-2H3,(H,25,27). The molecule has 0 saturated carbocycles. The summed E-state index contributed by atoms with van der Waals surface area (Å²) < 4.78 is 0. The molecule has 1 saturated heterocycles. The summed E-state index contributed by atoms with van der Waals surface area (Å²) in [5.74, 6) is 1.49. The van der Waals surface area contributed by atoms with E-state index in [0.29, 0.717) is 12.3 Å². The van der Waals surface area contributed by atoms with E-state index in [-0.39, 0.29) is 5.91 Å². The molecule has 2 aromatic carbocycles. The van der Waals surface area contributed by atoms with Gasteiger partial charge < -0.3 is 5.32 Å². The zero-order chi connectivity index (χ0) is 19.8. The number of nitrogens with zero attached hydrogens (tertiary/aromatic N) is 1. The van der Waals surface area contributed by atoms with Crippen molar-refractivity contribution in [3.05, 3.63) is 70.3 Å². The molecule has 1 heterocycles. The zero-order valence-electron chi connectivity index (χ0n) is 17.2. The Morgan fingerprint density at radius 2 is 1.68 bits per heavy atom. The Morgan fingerprint density at radius 1 is 1.00 bits per heavy atom. The van der Waals surface area contributed by atoms with Gasteiger partial charge in [-0.05, 0) is 56.5 Å². The fourth-order valence-electron chi connectivity index (χ4n) is 3.90. The Morgan fingerprint density at radius 3 is 2.39 bits per heavy atom. The Balaban J connectivity index is 1.45. The molecule has 28 heavy (non-hydrogen) atoms. The average Bonchev–Trinajstić information content (AvgIpc) is 2.67. The molecule has 1 aliphatic heterocycles. The van der Waals surface area contributed by atoms with Crippen LogP contribution in [0, 0.1) is 13.8 Å². The van der Waals surface area contributed by atoms with Crippen molar-refractivity contribution >= 4 is 17.7 Å². The van der Waals surface area contributed by atoms with Gasteiger partial charge in [0.15, 0.2) is 0 Å². The molecule has 4 heteroatoms. The normalized spacial score (nSPS) is 14.8. The summed E-state index contributed by atoms with van der Waals surface area (Å²) in [6.45, 7) is 8.23. The number of nitrogens with one attached hydrogen (secondary N) is 1. The summed E-state index contributed by atoms with van der Waals surface area (Å²) in [7, 11) is 0. The van der Waals surface area contributed by atoms with Gasteiger partial charge in [0.05, 0.1) is 5.75 Å². The minimum Gasteiger partial charge on any atom is -0.351 e. The number of likely N-dealkylation sites (tertiary alicyclic amines) is 1. The highest BCUT2D eigenvalue weighted by atomic mass is 32.2. The predicted octanol–water partition coefficient (Wildman–Crippen LogP) is 4.84. The lowest BCUT2D eigenvalue weighted by Gasteiger charge is -2.27. The van der Waals surface area contributed by atoms with Crippen LogP contribution in [-0.2, 0) is 23.6 Å². The van der Waals surface area contributed by atoms with Crippen LogP contribution >= 0.6 is 11.8 Å². The van der Waals surface area contributed by atoms with Crippen molar-refractivity contribution in [1.29, 1.82) is 0 Å². The summed E-state index contributed by atoms with van der Waals surface area (Å²) in [6, 6.07) is 15.1. The molecule has 3 rings (SSSR count). The van der Waals surface area contributed by atoms with Gasteiger partial charge in [0, 0.05) is 18.8 Å². The van der Waals surface area contributed by atoms with Crippen LogP contribution in [0.15, 0.2) is 42.5 Å². The molecule has 0 spiro atoms. The fraction of sp³-hybridized carbons (Fsp3) is 0.458. The Labute approximate surface area is 173 Å². The van der Waals surface area contributed by atoms with Crippen molar-refractivity contribution in [2.24, 2.45) is 0 Å². The predicted molar refractivity (Wildman–Crippen MR) is 119 cm³/mol. The minimum atomic E-state index is 0.113. The van der Waals surface area contributed by atoms with E-state index in [1.807, 2.05) is 0 Å². The monoisotopic (exact) mass is 396 g/mol. The first-order valence-corrected chi connectivity index (χ1v) is 11.5. The van der Waals surface area contributed by atoms with E-state index in [2.05, 4.69) is 66.5 Å². The molecule has 0 bridgehead atoms. The second kappa shape index (κ2) is 10.7. The van der Waals surface area contributed by atoms with E-state index in [1.165, 1.54) is 60.2 Å². The first kappa shape index (κ1) is 20.9. The van der Waals surface area contributed by atoms with E-state index in [9.17, 15) is 4.79 Å². The first-order chi connectivity index (χ1) is 13.6. The van der Waals surface area contributed by atoms with Crippen molar-refractivity contribution in [1.82, 2.24) is 10.2 Å². The van der Waals surface area contributed by atoms with Gasteiger partial charge in [0.25, 0.3) is 0 Å². The number of carbonyl (C=O) groups excluding carboxylic acids is 1. The lowest BCUT2D eigenvalue weighted by molar-refractivity contribution is -0.118. The van der Waals surface area contributed by atoms with Crippen LogP contribution in [0.5, 0.6) is 0 Å². The van der Waals surface area contributed by atoms with Crippen molar-refractivity contribution in [3.63, 3.8) is 0 Å². The molecule has 1 aliphatic rings. The number of hydrogen-bond acceptors (Lipinski definition) is 3. The van der Waals surface area contributed by atoms with Crippen LogP contribution < -0.4 is 5.32 Å². The smallest absolute Gasteiger partial charge is 0.230 e. The van der Waals surface area contributed by atoms with Gasteiger partial charge >= 0.3 is 0 Å². The van der Waals surface area contributed by atoms with Crippen LogP contribution in [0.4, 0.5) is 0 Å². The summed E-state index contributed by atoms with van der Waals surface area (Å²) in [6.07, 6.45) is 3.96. The molecule has 0 aliphatic carbocycles. The Bertz CT molecular complexity index is 764. The van der Waals surface area contributed by atoms with Gasteiger partial charge in [-0.25, -0.2) is 0 Å². The Kier molecular flexibility index (Phi) is 7.99. The van der Waals surface area contributed by atoms with Crippen LogP contribution in [0.3, 0.4) is 0 Å². The number of hydrogen-bond donors (Lipinski definition) is 1. The van der Waals surface area contributed by atoms with Gasteiger partial charge in [-0.3, -0.25) is 9.69 Å². The van der Waals surface area contributed by atoms with Gasteiger partial charge in [0.2, 0.25) is 5.91 Å². The third-order valence-corrected chi connectivity index (χ3v) is 6.22. The maximum Gasteiger partial charge on any atom is 0.230 e. The summed E-state index contributed by atoms with van der Waals surface area (Å²) in [5, 5.41) is 3.11. The molecule has 150 valence electrons. The molecule has 0 atom stereocenters. The molecule has 1 N–H and O–H groups in total. The van der Waals surface area contributed by atoms with Crippen molar-refractivity contribution in [3.8, 4) is 0 Å². The molecule has 0 aromatic heterocycles. The second-order valence-corrected chi connectivity index (χ2v) is 8.86. The maximum atomic E-state index is 12.3. The number of carbonyl (C=O) groups is 1. The molecular formula is C24H32N2OS. The first-order valence-electron chi connectivity index (χ1n) is 10.3. The number of aryl methyl sites for hydroxylation is 2. The third-order valence-electron chi connectivity index (χ3n) is 5.22. The largest absolute Gasteiger partial charge is 0.351 e. The average molecular weight is 397 g/mol. The summed E-state index contributed by atoms with van der Waals surface area (Å²) >= 11 is 1.68. The van der Waals surface area contributed by atoms with Crippen molar-refractivity contribution in [2.45, 2.75) is 52.0 Å². The molecule has 1 amide bonds. The minimum absolute atomic E-state index is 0.113. The van der Waals surface area contributed by atoms with E-state index in [4.69, 9.17) is 0 Å². The lowest BCUT2D eigenvalue weighted by Crippen LogP contribution is -2.30. The fourth-order valence-corrected chi connectivity index (χ4v) is 4.69. The highest BCUT2D eigenvalue weighted by molar-refractivity contribution is 7.99. The van der Waals surface area contributed by atoms with Crippen molar-refractivity contribution in [2.75, 3.05) is 18.8 Å². The number of piperidine rings is 1. The van der Waals surface area contributed by atoms with Crippen LogP contribution in [0.25, 0.3) is 0 Å². The third kappa shape index (κ3) is 6.68. The number of rotatable bonds is 8. The molecule has 2 aromatic rings.